The minimum atomic E-state index is -1.03. The molecule has 0 aliphatic carbocycles. The lowest BCUT2D eigenvalue weighted by atomic mass is 9.96. The van der Waals surface area contributed by atoms with Crippen LogP contribution in [0.4, 0.5) is 9.52 Å². The molecule has 196 valence electrons. The van der Waals surface area contributed by atoms with Crippen LogP contribution in [0.1, 0.15) is 22.7 Å². The number of halogens is 3. The minimum Gasteiger partial charge on any atom is -0.503 e. The fraction of sp³-hybridized carbons (Fsp3) is 0.0714. The van der Waals surface area contributed by atoms with Crippen molar-refractivity contribution in [1.29, 1.82) is 0 Å². The second-order valence-corrected chi connectivity index (χ2v) is 11.3. The third-order valence-electron chi connectivity index (χ3n) is 5.87. The lowest BCUT2D eigenvalue weighted by molar-refractivity contribution is -0.117. The van der Waals surface area contributed by atoms with Gasteiger partial charge in [-0.05, 0) is 41.0 Å². The molecule has 3 aromatic carbocycles. The number of thioether (sulfide) groups is 1. The number of allylic oxidation sites excluding steroid dienone is 1. The average Bonchev–Trinajstić information content (AvgIpc) is 3.51. The molecule has 0 saturated heterocycles. The Morgan fingerprint density at radius 3 is 2.54 bits per heavy atom. The van der Waals surface area contributed by atoms with E-state index < -0.39 is 23.5 Å². The molecule has 0 fully saturated rings. The quantitative estimate of drug-likeness (QED) is 0.129. The third kappa shape index (κ3) is 5.77. The molecule has 39 heavy (non-hydrogen) atoms. The Morgan fingerprint density at radius 2 is 1.79 bits per heavy atom. The van der Waals surface area contributed by atoms with Gasteiger partial charge in [-0.2, -0.15) is 0 Å². The van der Waals surface area contributed by atoms with Crippen molar-refractivity contribution in [3.05, 3.63) is 123 Å². The summed E-state index contributed by atoms with van der Waals surface area (Å²) in [5.74, 6) is -2.07. The van der Waals surface area contributed by atoms with Crippen LogP contribution in [-0.2, 0) is 15.3 Å². The van der Waals surface area contributed by atoms with E-state index in [1.54, 1.807) is 36.4 Å². The van der Waals surface area contributed by atoms with Crippen molar-refractivity contribution < 1.29 is 19.1 Å². The lowest BCUT2D eigenvalue weighted by Crippen LogP contribution is -2.30. The maximum atomic E-state index is 14.0. The molecule has 0 saturated carbocycles. The predicted octanol–water partition coefficient (Wildman–Crippen LogP) is 7.46. The molecular formula is C28H18Cl2FN3O3S2. The van der Waals surface area contributed by atoms with Crippen molar-refractivity contribution in [2.45, 2.75) is 16.1 Å². The van der Waals surface area contributed by atoms with Crippen LogP contribution in [-0.4, -0.2) is 27.0 Å². The number of rotatable bonds is 8. The highest BCUT2D eigenvalue weighted by atomic mass is 35.5. The van der Waals surface area contributed by atoms with Crippen molar-refractivity contribution in [3.8, 4) is 0 Å². The zero-order valence-corrected chi connectivity index (χ0v) is 23.1. The van der Waals surface area contributed by atoms with Crippen LogP contribution < -0.4 is 4.90 Å². The van der Waals surface area contributed by atoms with E-state index in [-0.39, 0.29) is 21.5 Å². The largest absolute Gasteiger partial charge is 0.503 e. The normalized spacial score (nSPS) is 15.5. The highest BCUT2D eigenvalue weighted by Crippen LogP contribution is 2.44. The van der Waals surface area contributed by atoms with Crippen LogP contribution >= 0.6 is 46.3 Å². The van der Waals surface area contributed by atoms with Gasteiger partial charge in [-0.15, -0.1) is 10.2 Å². The van der Waals surface area contributed by atoms with Crippen molar-refractivity contribution in [1.82, 2.24) is 10.2 Å². The second-order valence-electron chi connectivity index (χ2n) is 8.35. The highest BCUT2D eigenvalue weighted by molar-refractivity contribution is 8.00. The first-order chi connectivity index (χ1) is 18.8. The van der Waals surface area contributed by atoms with E-state index in [0.717, 1.165) is 16.9 Å². The first kappa shape index (κ1) is 27.1. The molecule has 0 spiro atoms. The van der Waals surface area contributed by atoms with Gasteiger partial charge in [0.15, 0.2) is 15.9 Å². The van der Waals surface area contributed by atoms with Gasteiger partial charge in [0.2, 0.25) is 5.13 Å². The van der Waals surface area contributed by atoms with Crippen LogP contribution in [0.5, 0.6) is 0 Å². The van der Waals surface area contributed by atoms with Gasteiger partial charge in [0.1, 0.15) is 5.82 Å². The fourth-order valence-electron chi connectivity index (χ4n) is 3.99. The van der Waals surface area contributed by atoms with Crippen molar-refractivity contribution in [3.63, 3.8) is 0 Å². The van der Waals surface area contributed by atoms with Crippen molar-refractivity contribution in [2.24, 2.45) is 0 Å². The monoisotopic (exact) mass is 597 g/mol. The Labute approximate surface area is 241 Å². The summed E-state index contributed by atoms with van der Waals surface area (Å²) in [5.41, 5.74) is 1.61. The number of carbonyl (C=O) groups is 2. The van der Waals surface area contributed by atoms with Gasteiger partial charge in [0, 0.05) is 5.75 Å². The lowest BCUT2D eigenvalue weighted by Gasteiger charge is -2.24. The van der Waals surface area contributed by atoms with Gasteiger partial charge in [-0.25, -0.2) is 4.39 Å². The molecule has 5 rings (SSSR count). The number of carbonyl (C=O) groups excluding carboxylic acids is 2. The van der Waals surface area contributed by atoms with E-state index in [1.807, 2.05) is 30.3 Å². The average molecular weight is 599 g/mol. The number of ketones is 1. The summed E-state index contributed by atoms with van der Waals surface area (Å²) >= 11 is 14.7. The Kier molecular flexibility index (Phi) is 8.13. The Bertz CT molecular complexity index is 1630. The number of aromatic nitrogens is 2. The van der Waals surface area contributed by atoms with E-state index in [2.05, 4.69) is 10.2 Å². The number of benzene rings is 3. The third-order valence-corrected chi connectivity index (χ3v) is 8.71. The molecule has 4 aromatic rings. The summed E-state index contributed by atoms with van der Waals surface area (Å²) < 4.78 is 14.5. The number of anilines is 1. The molecule has 1 aliphatic rings. The Morgan fingerprint density at radius 1 is 1.05 bits per heavy atom. The molecular weight excluding hydrogens is 580 g/mol. The smallest absolute Gasteiger partial charge is 0.296 e. The maximum Gasteiger partial charge on any atom is 0.296 e. The molecule has 0 radical (unpaired) electrons. The summed E-state index contributed by atoms with van der Waals surface area (Å²) in [5, 5.41) is 19.9. The Balaban J connectivity index is 1.48. The first-order valence-corrected chi connectivity index (χ1v) is 14.1. The van der Waals surface area contributed by atoms with E-state index in [0.29, 0.717) is 26.2 Å². The standard InChI is InChI=1S/C28H18Cl2FN3O3S2/c29-19-12-11-17(14-20(19)30)24-23(22(35)13-10-16-6-2-1-3-7-16)25(36)26(37)34(24)27-32-33-28(39-27)38-15-18-8-4-5-9-21(18)31/h1-14,24,36H,15H2. The molecule has 11 heteroatoms. The fourth-order valence-corrected chi connectivity index (χ4v) is 6.15. The van der Waals surface area contributed by atoms with E-state index >= 15 is 0 Å². The molecule has 1 aromatic heterocycles. The van der Waals surface area contributed by atoms with Crippen molar-refractivity contribution in [2.75, 3.05) is 4.90 Å². The molecule has 6 nitrogen and oxygen atoms in total. The van der Waals surface area contributed by atoms with Gasteiger partial charge in [0.05, 0.1) is 21.7 Å². The predicted molar refractivity (Wildman–Crippen MR) is 153 cm³/mol. The SMILES string of the molecule is O=C(C=Cc1ccccc1)C1=C(O)C(=O)N(c2nnc(SCc3ccccc3F)s2)C1c1ccc(Cl)c(Cl)c1. The summed E-state index contributed by atoms with van der Waals surface area (Å²) in [4.78, 5) is 27.9. The first-order valence-electron chi connectivity index (χ1n) is 11.5. The van der Waals surface area contributed by atoms with Crippen LogP contribution in [0.15, 0.2) is 94.5 Å². The molecule has 2 heterocycles. The van der Waals surface area contributed by atoms with Crippen LogP contribution in [0, 0.1) is 5.82 Å². The Hall–Kier alpha value is -3.50. The van der Waals surface area contributed by atoms with Gasteiger partial charge >= 0.3 is 0 Å². The topological polar surface area (TPSA) is 83.4 Å². The zero-order valence-electron chi connectivity index (χ0n) is 19.9. The number of nitrogens with zero attached hydrogens (tertiary/aromatic N) is 3. The van der Waals surface area contributed by atoms with Crippen LogP contribution in [0.3, 0.4) is 0 Å². The minimum absolute atomic E-state index is 0.124. The number of aliphatic hydroxyl groups is 1. The molecule has 1 amide bonds. The number of hydrogen-bond donors (Lipinski definition) is 1. The van der Waals surface area contributed by atoms with Gasteiger partial charge in [-0.3, -0.25) is 14.5 Å². The summed E-state index contributed by atoms with van der Waals surface area (Å²) in [6, 6.07) is 19.3. The van der Waals surface area contributed by atoms with E-state index in [4.69, 9.17) is 23.2 Å². The number of amides is 1. The molecule has 1 aliphatic heterocycles. The number of aliphatic hydroxyl groups excluding tert-OH is 1. The van der Waals surface area contributed by atoms with Crippen LogP contribution in [0.25, 0.3) is 6.08 Å². The molecule has 1 N–H and O–H groups in total. The van der Waals surface area contributed by atoms with Gasteiger partial charge in [0.25, 0.3) is 5.91 Å². The van der Waals surface area contributed by atoms with Gasteiger partial charge in [-0.1, -0.05) is 107 Å². The molecule has 1 atom stereocenters. The summed E-state index contributed by atoms with van der Waals surface area (Å²) in [6.07, 6.45) is 2.90. The van der Waals surface area contributed by atoms with E-state index in [1.165, 1.54) is 34.9 Å². The molecule has 0 bridgehead atoms. The number of hydrogen-bond acceptors (Lipinski definition) is 7. The van der Waals surface area contributed by atoms with Gasteiger partial charge < -0.3 is 5.11 Å². The summed E-state index contributed by atoms with van der Waals surface area (Å²) in [6.45, 7) is 0. The van der Waals surface area contributed by atoms with Crippen LogP contribution in [0.2, 0.25) is 10.0 Å². The van der Waals surface area contributed by atoms with E-state index in [9.17, 15) is 19.1 Å². The maximum absolute atomic E-state index is 14.0. The van der Waals surface area contributed by atoms with Crippen molar-refractivity contribution >= 4 is 69.2 Å². The molecule has 1 unspecified atom stereocenters. The summed E-state index contributed by atoms with van der Waals surface area (Å²) in [7, 11) is 0. The highest BCUT2D eigenvalue weighted by Gasteiger charge is 2.45. The zero-order chi connectivity index (χ0) is 27.5. The second kappa shape index (κ2) is 11.7.